The largest absolute Gasteiger partial charge is 0.352 e. The first-order chi connectivity index (χ1) is 13.4. The van der Waals surface area contributed by atoms with E-state index in [0.29, 0.717) is 17.3 Å². The average Bonchev–Trinajstić information content (AvgIpc) is 2.70. The Bertz CT molecular complexity index is 1110. The van der Waals surface area contributed by atoms with Crippen molar-refractivity contribution in [2.75, 3.05) is 6.54 Å². The van der Waals surface area contributed by atoms with E-state index in [1.165, 1.54) is 0 Å². The Morgan fingerprint density at radius 2 is 1.75 bits per heavy atom. The zero-order valence-corrected chi connectivity index (χ0v) is 16.2. The average molecular weight is 399 g/mol. The molecule has 0 spiro atoms. The third-order valence-corrected chi connectivity index (χ3v) is 4.55. The molecule has 8 heteroatoms. The first-order valence-corrected chi connectivity index (χ1v) is 9.16. The summed E-state index contributed by atoms with van der Waals surface area (Å²) < 4.78 is 2.09. The van der Waals surface area contributed by atoms with Crippen molar-refractivity contribution in [3.63, 3.8) is 0 Å². The van der Waals surface area contributed by atoms with Crippen LogP contribution in [0.4, 0.5) is 0 Å². The van der Waals surface area contributed by atoms with E-state index in [9.17, 15) is 14.4 Å². The molecule has 0 fully saturated rings. The number of carbonyl (C=O) groups is 1. The molecule has 28 heavy (non-hydrogen) atoms. The maximum atomic E-state index is 13.1. The van der Waals surface area contributed by atoms with Gasteiger partial charge in [-0.15, -0.1) is 0 Å². The Morgan fingerprint density at radius 1 is 1.11 bits per heavy atom. The van der Waals surface area contributed by atoms with Crippen molar-refractivity contribution < 1.29 is 4.79 Å². The first-order valence-electron chi connectivity index (χ1n) is 8.79. The van der Waals surface area contributed by atoms with Gasteiger partial charge in [0.2, 0.25) is 5.69 Å². The summed E-state index contributed by atoms with van der Waals surface area (Å²) in [4.78, 5) is 38.5. The SMILES string of the molecule is CCNC(=O)c1nn(-c2ccc(Cl)cc2)c(=O)n([C@@H](C)c2ccccc2)c1=O. The summed E-state index contributed by atoms with van der Waals surface area (Å²) in [5.41, 5.74) is -0.570. The van der Waals surface area contributed by atoms with E-state index in [2.05, 4.69) is 10.4 Å². The van der Waals surface area contributed by atoms with Crippen LogP contribution in [0.2, 0.25) is 5.02 Å². The number of amides is 1. The number of nitrogens with one attached hydrogen (secondary N) is 1. The van der Waals surface area contributed by atoms with Crippen molar-refractivity contribution >= 4 is 17.5 Å². The van der Waals surface area contributed by atoms with Crippen LogP contribution in [-0.2, 0) is 0 Å². The van der Waals surface area contributed by atoms with Crippen molar-refractivity contribution in [2.45, 2.75) is 19.9 Å². The van der Waals surface area contributed by atoms with Gasteiger partial charge in [0.05, 0.1) is 11.7 Å². The second kappa shape index (κ2) is 8.22. The van der Waals surface area contributed by atoms with Crippen LogP contribution >= 0.6 is 11.6 Å². The van der Waals surface area contributed by atoms with Crippen LogP contribution in [-0.4, -0.2) is 26.8 Å². The molecular formula is C20H19ClN4O3. The lowest BCUT2D eigenvalue weighted by Crippen LogP contribution is -2.47. The van der Waals surface area contributed by atoms with Crippen LogP contribution in [0.5, 0.6) is 0 Å². The fourth-order valence-electron chi connectivity index (χ4n) is 2.85. The zero-order chi connectivity index (χ0) is 20.3. The van der Waals surface area contributed by atoms with Gasteiger partial charge in [0.15, 0.2) is 0 Å². The second-order valence-electron chi connectivity index (χ2n) is 6.14. The summed E-state index contributed by atoms with van der Waals surface area (Å²) in [6.45, 7) is 3.79. The molecule has 7 nitrogen and oxygen atoms in total. The summed E-state index contributed by atoms with van der Waals surface area (Å²) in [7, 11) is 0. The Hall–Kier alpha value is -3.19. The predicted octanol–water partition coefficient (Wildman–Crippen LogP) is 2.41. The van der Waals surface area contributed by atoms with Gasteiger partial charge in [-0.25, -0.2) is 9.36 Å². The molecule has 0 saturated heterocycles. The molecule has 144 valence electrons. The van der Waals surface area contributed by atoms with Gasteiger partial charge in [-0.05, 0) is 43.7 Å². The smallest absolute Gasteiger partial charge is 0.351 e. The van der Waals surface area contributed by atoms with E-state index >= 15 is 0 Å². The monoisotopic (exact) mass is 398 g/mol. The summed E-state index contributed by atoms with van der Waals surface area (Å²) in [5.74, 6) is -0.635. The molecule has 1 N–H and O–H groups in total. The van der Waals surface area contributed by atoms with Gasteiger partial charge in [0.25, 0.3) is 11.5 Å². The lowest BCUT2D eigenvalue weighted by molar-refractivity contribution is 0.0946. The topological polar surface area (TPSA) is 86.0 Å². The Kier molecular flexibility index (Phi) is 5.75. The Morgan fingerprint density at radius 3 is 2.36 bits per heavy atom. The van der Waals surface area contributed by atoms with Crippen LogP contribution in [0.25, 0.3) is 5.69 Å². The minimum Gasteiger partial charge on any atom is -0.351 e. The quantitative estimate of drug-likeness (QED) is 0.715. The summed E-state index contributed by atoms with van der Waals surface area (Å²) in [6.07, 6.45) is 0. The van der Waals surface area contributed by atoms with Gasteiger partial charge >= 0.3 is 5.69 Å². The van der Waals surface area contributed by atoms with E-state index in [-0.39, 0.29) is 5.69 Å². The predicted molar refractivity (Wildman–Crippen MR) is 107 cm³/mol. The van der Waals surface area contributed by atoms with Gasteiger partial charge < -0.3 is 5.32 Å². The Balaban J connectivity index is 2.28. The van der Waals surface area contributed by atoms with Gasteiger partial charge in [-0.1, -0.05) is 41.9 Å². The number of hydrogen-bond acceptors (Lipinski definition) is 4. The fourth-order valence-corrected chi connectivity index (χ4v) is 2.97. The molecule has 0 bridgehead atoms. The van der Waals surface area contributed by atoms with Crippen molar-refractivity contribution in [3.8, 4) is 5.69 Å². The molecule has 0 aliphatic rings. The van der Waals surface area contributed by atoms with Crippen LogP contribution in [0, 0.1) is 0 Å². The number of aromatic nitrogens is 3. The highest BCUT2D eigenvalue weighted by Crippen LogP contribution is 2.15. The van der Waals surface area contributed by atoms with Crippen LogP contribution < -0.4 is 16.6 Å². The van der Waals surface area contributed by atoms with Gasteiger partial charge in [-0.3, -0.25) is 9.59 Å². The molecule has 2 aromatic carbocycles. The molecule has 3 rings (SSSR count). The normalized spacial score (nSPS) is 11.8. The maximum absolute atomic E-state index is 13.1. The lowest BCUT2D eigenvalue weighted by Gasteiger charge is -2.17. The highest BCUT2D eigenvalue weighted by atomic mass is 35.5. The van der Waals surface area contributed by atoms with Gasteiger partial charge in [0.1, 0.15) is 0 Å². The number of nitrogens with zero attached hydrogens (tertiary/aromatic N) is 3. The zero-order valence-electron chi connectivity index (χ0n) is 15.4. The molecule has 1 amide bonds. The molecular weight excluding hydrogens is 380 g/mol. The van der Waals surface area contributed by atoms with Crippen LogP contribution in [0.15, 0.2) is 64.2 Å². The van der Waals surface area contributed by atoms with E-state index in [1.54, 1.807) is 38.1 Å². The first kappa shape index (κ1) is 19.6. The second-order valence-corrected chi connectivity index (χ2v) is 6.58. The minimum absolute atomic E-state index is 0.328. The van der Waals surface area contributed by atoms with E-state index in [1.807, 2.05) is 30.3 Å². The van der Waals surface area contributed by atoms with Crippen molar-refractivity contribution in [3.05, 3.63) is 91.7 Å². The van der Waals surface area contributed by atoms with Gasteiger partial charge in [0, 0.05) is 11.6 Å². The van der Waals surface area contributed by atoms with Crippen LogP contribution in [0.3, 0.4) is 0 Å². The molecule has 1 heterocycles. The molecule has 0 saturated carbocycles. The maximum Gasteiger partial charge on any atom is 0.352 e. The molecule has 1 aromatic heterocycles. The number of benzene rings is 2. The number of hydrogen-bond donors (Lipinski definition) is 1. The van der Waals surface area contributed by atoms with Crippen molar-refractivity contribution in [1.82, 2.24) is 19.7 Å². The number of carbonyl (C=O) groups excluding carboxylic acids is 1. The fraction of sp³-hybridized carbons (Fsp3) is 0.200. The molecule has 0 aliphatic carbocycles. The van der Waals surface area contributed by atoms with E-state index < -0.39 is 23.2 Å². The molecule has 0 radical (unpaired) electrons. The molecule has 0 aliphatic heterocycles. The molecule has 0 unspecified atom stereocenters. The van der Waals surface area contributed by atoms with Crippen molar-refractivity contribution in [2.24, 2.45) is 0 Å². The summed E-state index contributed by atoms with van der Waals surface area (Å²) in [6, 6.07) is 14.9. The third-order valence-electron chi connectivity index (χ3n) is 4.30. The number of rotatable bonds is 5. The molecule has 1 atom stereocenters. The summed E-state index contributed by atoms with van der Waals surface area (Å²) in [5, 5.41) is 7.10. The van der Waals surface area contributed by atoms with Crippen molar-refractivity contribution in [1.29, 1.82) is 0 Å². The Labute approximate surface area is 166 Å². The van der Waals surface area contributed by atoms with Gasteiger partial charge in [-0.2, -0.15) is 9.78 Å². The number of halogens is 1. The third kappa shape index (κ3) is 3.75. The molecule has 3 aromatic rings. The highest BCUT2D eigenvalue weighted by molar-refractivity contribution is 6.30. The van der Waals surface area contributed by atoms with E-state index in [4.69, 9.17) is 11.6 Å². The highest BCUT2D eigenvalue weighted by Gasteiger charge is 2.23. The van der Waals surface area contributed by atoms with Crippen LogP contribution in [0.1, 0.15) is 35.9 Å². The summed E-state index contributed by atoms with van der Waals surface area (Å²) >= 11 is 5.92. The standard InChI is InChI=1S/C20H19ClN4O3/c1-3-22-18(26)17-19(27)24(13(2)14-7-5-4-6-8-14)20(28)25(23-17)16-11-9-15(21)10-12-16/h4-13H,3H2,1-2H3,(H,22,26)/t13-/m0/s1. The minimum atomic E-state index is -0.738. The lowest BCUT2D eigenvalue weighted by atomic mass is 10.1. The van der Waals surface area contributed by atoms with E-state index in [0.717, 1.165) is 14.8 Å².